The summed E-state index contributed by atoms with van der Waals surface area (Å²) in [6.07, 6.45) is 9.52. The van der Waals surface area contributed by atoms with Gasteiger partial charge in [-0.3, -0.25) is 11.3 Å². The van der Waals surface area contributed by atoms with E-state index in [0.717, 1.165) is 6.42 Å². The lowest BCUT2D eigenvalue weighted by Crippen LogP contribution is -2.45. The molecular weight excluding hydrogens is 136 g/mol. The van der Waals surface area contributed by atoms with Gasteiger partial charge in [0.25, 0.3) is 0 Å². The molecule has 1 aliphatic rings. The Hall–Kier alpha value is -0.600. The summed E-state index contributed by atoms with van der Waals surface area (Å²) in [5.41, 5.74) is 2.99. The van der Waals surface area contributed by atoms with Crippen LogP contribution in [-0.4, -0.2) is 6.04 Å². The van der Waals surface area contributed by atoms with Crippen LogP contribution in [0.3, 0.4) is 0 Å². The Balaban J connectivity index is 2.77. The lowest BCUT2D eigenvalue weighted by atomic mass is 9.77. The monoisotopic (exact) mass is 152 g/mol. The maximum atomic E-state index is 5.42. The van der Waals surface area contributed by atoms with Crippen LogP contribution < -0.4 is 11.3 Å². The van der Waals surface area contributed by atoms with E-state index < -0.39 is 0 Å². The van der Waals surface area contributed by atoms with Crippen LogP contribution in [0.1, 0.15) is 20.3 Å². The number of nitrogens with two attached hydrogens (primary N) is 1. The second-order valence-electron chi connectivity index (χ2n) is 3.25. The van der Waals surface area contributed by atoms with E-state index in [4.69, 9.17) is 5.84 Å². The van der Waals surface area contributed by atoms with Crippen molar-refractivity contribution in [2.45, 2.75) is 26.3 Å². The molecule has 0 spiro atoms. The van der Waals surface area contributed by atoms with Crippen LogP contribution in [0.5, 0.6) is 0 Å². The van der Waals surface area contributed by atoms with E-state index in [1.54, 1.807) is 0 Å². The van der Waals surface area contributed by atoms with Gasteiger partial charge in [0.05, 0.1) is 0 Å². The van der Waals surface area contributed by atoms with E-state index in [1.165, 1.54) is 0 Å². The van der Waals surface area contributed by atoms with Crippen LogP contribution in [0.4, 0.5) is 0 Å². The van der Waals surface area contributed by atoms with Gasteiger partial charge < -0.3 is 0 Å². The van der Waals surface area contributed by atoms with Gasteiger partial charge in [-0.15, -0.1) is 0 Å². The third-order valence-electron chi connectivity index (χ3n) is 2.54. The average molecular weight is 152 g/mol. The van der Waals surface area contributed by atoms with Gasteiger partial charge in [-0.1, -0.05) is 38.2 Å². The first-order valence-electron chi connectivity index (χ1n) is 4.05. The zero-order valence-corrected chi connectivity index (χ0v) is 7.17. The predicted octanol–water partition coefficient (Wildman–Crippen LogP) is 1.36. The number of allylic oxidation sites excluding steroid dienone is 2. The van der Waals surface area contributed by atoms with Crippen LogP contribution in [0.25, 0.3) is 0 Å². The van der Waals surface area contributed by atoms with Crippen LogP contribution in [0.2, 0.25) is 0 Å². The molecule has 2 nitrogen and oxygen atoms in total. The van der Waals surface area contributed by atoms with Crippen molar-refractivity contribution in [3.8, 4) is 0 Å². The predicted molar refractivity (Wildman–Crippen MR) is 47.8 cm³/mol. The van der Waals surface area contributed by atoms with Crippen molar-refractivity contribution < 1.29 is 0 Å². The molecule has 0 aromatic heterocycles. The first kappa shape index (κ1) is 8.50. The first-order chi connectivity index (χ1) is 5.23. The highest BCUT2D eigenvalue weighted by molar-refractivity contribution is 5.21. The van der Waals surface area contributed by atoms with E-state index in [9.17, 15) is 0 Å². The summed E-state index contributed by atoms with van der Waals surface area (Å²) in [7, 11) is 0. The Morgan fingerprint density at radius 2 is 2.27 bits per heavy atom. The standard InChI is InChI=1S/C9H16N2/c1-3-9(2)7-5-4-6-8(9)11-10/h4-8,11H,3,10H2,1-2H3. The van der Waals surface area contributed by atoms with E-state index >= 15 is 0 Å². The minimum Gasteiger partial charge on any atom is -0.271 e. The average Bonchev–Trinajstić information content (AvgIpc) is 2.05. The molecule has 0 fully saturated rings. The van der Waals surface area contributed by atoms with Crippen LogP contribution in [0, 0.1) is 5.41 Å². The second-order valence-corrected chi connectivity index (χ2v) is 3.25. The van der Waals surface area contributed by atoms with Gasteiger partial charge in [-0.2, -0.15) is 0 Å². The second kappa shape index (κ2) is 3.20. The molecule has 1 rings (SSSR count). The van der Waals surface area contributed by atoms with Crippen molar-refractivity contribution in [1.82, 2.24) is 5.43 Å². The van der Waals surface area contributed by atoms with E-state index in [1.807, 2.05) is 6.08 Å². The molecule has 1 aliphatic carbocycles. The van der Waals surface area contributed by atoms with Crippen LogP contribution in [0.15, 0.2) is 24.3 Å². The molecule has 62 valence electrons. The highest BCUT2D eigenvalue weighted by atomic mass is 15.2. The quantitative estimate of drug-likeness (QED) is 0.463. The smallest absolute Gasteiger partial charge is 0.0481 e. The fourth-order valence-electron chi connectivity index (χ4n) is 1.36. The summed E-state index contributed by atoms with van der Waals surface area (Å²) in [6.45, 7) is 4.38. The van der Waals surface area contributed by atoms with Gasteiger partial charge in [0.1, 0.15) is 0 Å². The Morgan fingerprint density at radius 1 is 1.55 bits per heavy atom. The summed E-state index contributed by atoms with van der Waals surface area (Å²) in [4.78, 5) is 0. The van der Waals surface area contributed by atoms with Crippen LogP contribution >= 0.6 is 0 Å². The van der Waals surface area contributed by atoms with Gasteiger partial charge >= 0.3 is 0 Å². The molecule has 0 amide bonds. The maximum absolute atomic E-state index is 5.42. The van der Waals surface area contributed by atoms with Crippen molar-refractivity contribution >= 4 is 0 Å². The molecule has 0 aromatic rings. The third-order valence-corrected chi connectivity index (χ3v) is 2.54. The Kier molecular flexibility index (Phi) is 2.47. The summed E-state index contributed by atoms with van der Waals surface area (Å²) in [6, 6.07) is 0.275. The molecule has 2 heteroatoms. The summed E-state index contributed by atoms with van der Waals surface area (Å²) in [5, 5.41) is 0. The van der Waals surface area contributed by atoms with Crippen LogP contribution in [-0.2, 0) is 0 Å². The lowest BCUT2D eigenvalue weighted by Gasteiger charge is -2.33. The lowest BCUT2D eigenvalue weighted by molar-refractivity contribution is 0.316. The number of hydrogen-bond acceptors (Lipinski definition) is 2. The molecule has 0 bridgehead atoms. The number of hydrogen-bond donors (Lipinski definition) is 2. The SMILES string of the molecule is CCC1(C)C=CC=CC1NN. The molecule has 3 N–H and O–H groups in total. The van der Waals surface area contributed by atoms with E-state index in [0.29, 0.717) is 0 Å². The molecule has 0 radical (unpaired) electrons. The number of nitrogens with one attached hydrogen (secondary N) is 1. The zero-order valence-electron chi connectivity index (χ0n) is 7.17. The molecule has 0 aromatic carbocycles. The number of hydrazine groups is 1. The Morgan fingerprint density at radius 3 is 2.73 bits per heavy atom. The van der Waals surface area contributed by atoms with Gasteiger partial charge in [-0.25, -0.2) is 0 Å². The fraction of sp³-hybridized carbons (Fsp3) is 0.556. The summed E-state index contributed by atoms with van der Waals surface area (Å²) < 4.78 is 0. The topological polar surface area (TPSA) is 38.0 Å². The van der Waals surface area contributed by atoms with Crippen molar-refractivity contribution in [2.75, 3.05) is 0 Å². The molecule has 0 aliphatic heterocycles. The van der Waals surface area contributed by atoms with Gasteiger partial charge in [-0.05, 0) is 6.42 Å². The minimum absolute atomic E-state index is 0.184. The normalized spacial score (nSPS) is 36.1. The maximum Gasteiger partial charge on any atom is 0.0481 e. The molecule has 11 heavy (non-hydrogen) atoms. The molecule has 2 atom stereocenters. The molecule has 0 heterocycles. The molecule has 2 unspecified atom stereocenters. The third kappa shape index (κ3) is 1.52. The van der Waals surface area contributed by atoms with Gasteiger partial charge in [0.2, 0.25) is 0 Å². The van der Waals surface area contributed by atoms with E-state index in [-0.39, 0.29) is 11.5 Å². The van der Waals surface area contributed by atoms with E-state index in [2.05, 4.69) is 37.5 Å². The van der Waals surface area contributed by atoms with Gasteiger partial charge in [0.15, 0.2) is 0 Å². The summed E-state index contributed by atoms with van der Waals surface area (Å²) >= 11 is 0. The molecule has 0 saturated carbocycles. The molecule has 0 saturated heterocycles. The Bertz CT molecular complexity index is 184. The minimum atomic E-state index is 0.184. The van der Waals surface area contributed by atoms with Gasteiger partial charge in [0, 0.05) is 11.5 Å². The first-order valence-corrected chi connectivity index (χ1v) is 4.05. The highest BCUT2D eigenvalue weighted by Gasteiger charge is 2.28. The van der Waals surface area contributed by atoms with Crippen molar-refractivity contribution in [3.63, 3.8) is 0 Å². The highest BCUT2D eigenvalue weighted by Crippen LogP contribution is 2.30. The molecular formula is C9H16N2. The van der Waals surface area contributed by atoms with Crippen molar-refractivity contribution in [1.29, 1.82) is 0 Å². The largest absolute Gasteiger partial charge is 0.271 e. The number of rotatable bonds is 2. The summed E-state index contributed by atoms with van der Waals surface area (Å²) in [5.74, 6) is 5.42. The zero-order chi connectivity index (χ0) is 8.32. The Labute approximate surface area is 68.1 Å². The van der Waals surface area contributed by atoms with Crippen molar-refractivity contribution in [3.05, 3.63) is 24.3 Å². The van der Waals surface area contributed by atoms with Crippen molar-refractivity contribution in [2.24, 2.45) is 11.3 Å². The fourth-order valence-corrected chi connectivity index (χ4v) is 1.36.